The number of methoxy groups -OCH3 is 3. The number of rotatable bonds is 6. The van der Waals surface area contributed by atoms with Crippen LogP contribution >= 0.6 is 15.9 Å². The number of hydrogen-bond donors (Lipinski definition) is 0. The van der Waals surface area contributed by atoms with Crippen LogP contribution in [-0.2, 0) is 14.9 Å². The van der Waals surface area contributed by atoms with Crippen LogP contribution in [0.1, 0.15) is 10.4 Å². The summed E-state index contributed by atoms with van der Waals surface area (Å²) in [6, 6.07) is 7.99. The predicted molar refractivity (Wildman–Crippen MR) is 99.5 cm³/mol. The Bertz CT molecular complexity index is 921. The molecule has 0 aliphatic rings. The fraction of sp³-hybridized carbons (Fsp3) is 0.235. The van der Waals surface area contributed by atoms with Crippen molar-refractivity contribution in [3.8, 4) is 28.4 Å². The zero-order valence-corrected chi connectivity index (χ0v) is 16.9. The van der Waals surface area contributed by atoms with Crippen LogP contribution in [0.4, 0.5) is 0 Å². The molecule has 0 aromatic heterocycles. The van der Waals surface area contributed by atoms with Gasteiger partial charge in [-0.1, -0.05) is 12.1 Å². The highest BCUT2D eigenvalue weighted by Gasteiger charge is 2.25. The average Bonchev–Trinajstić information content (AvgIpc) is 2.60. The van der Waals surface area contributed by atoms with E-state index in [2.05, 4.69) is 15.9 Å². The van der Waals surface area contributed by atoms with Crippen molar-refractivity contribution in [2.45, 2.75) is 0 Å². The first-order valence-corrected chi connectivity index (χ1v) is 9.85. The fourth-order valence-electron chi connectivity index (χ4n) is 2.34. The van der Waals surface area contributed by atoms with E-state index in [0.717, 1.165) is 6.26 Å². The normalized spacial score (nSPS) is 11.0. The molecule has 0 aliphatic heterocycles. The summed E-state index contributed by atoms with van der Waals surface area (Å²) in [5.41, 5.74) is 1.42. The van der Waals surface area contributed by atoms with E-state index in [1.807, 2.05) is 0 Å². The van der Waals surface area contributed by atoms with Gasteiger partial charge in [0.15, 0.2) is 0 Å². The Balaban J connectivity index is 2.63. The van der Waals surface area contributed by atoms with Crippen molar-refractivity contribution in [3.63, 3.8) is 0 Å². The minimum Gasteiger partial charge on any atom is -0.496 e. The van der Waals surface area contributed by atoms with E-state index in [9.17, 15) is 13.2 Å². The fourth-order valence-corrected chi connectivity index (χ4v) is 3.42. The number of hydrogen-bond acceptors (Lipinski definition) is 7. The van der Waals surface area contributed by atoms with E-state index in [-0.39, 0.29) is 11.3 Å². The van der Waals surface area contributed by atoms with Crippen LogP contribution in [0.5, 0.6) is 17.2 Å². The highest BCUT2D eigenvalue weighted by atomic mass is 79.9. The summed E-state index contributed by atoms with van der Waals surface area (Å²) >= 11 is 3.33. The van der Waals surface area contributed by atoms with E-state index in [0.29, 0.717) is 27.1 Å². The summed E-state index contributed by atoms with van der Waals surface area (Å²) in [5, 5.41) is 0. The molecule has 0 amide bonds. The van der Waals surface area contributed by atoms with Crippen LogP contribution in [0.15, 0.2) is 34.8 Å². The maximum absolute atomic E-state index is 12.2. The third-order valence-electron chi connectivity index (χ3n) is 3.41. The molecule has 0 radical (unpaired) electrons. The summed E-state index contributed by atoms with van der Waals surface area (Å²) in [7, 11) is 0.560. The van der Waals surface area contributed by atoms with E-state index < -0.39 is 16.1 Å². The van der Waals surface area contributed by atoms with Gasteiger partial charge in [0.25, 0.3) is 0 Å². The number of halogens is 1. The minimum atomic E-state index is -3.62. The van der Waals surface area contributed by atoms with Crippen molar-refractivity contribution in [1.82, 2.24) is 0 Å². The van der Waals surface area contributed by atoms with Gasteiger partial charge in [0.2, 0.25) is 0 Å². The number of ether oxygens (including phenoxy) is 3. The van der Waals surface area contributed by atoms with Crippen LogP contribution in [0.2, 0.25) is 0 Å². The lowest BCUT2D eigenvalue weighted by atomic mass is 10.0. The second-order valence-corrected chi connectivity index (χ2v) is 7.52. The molecule has 7 nitrogen and oxygen atoms in total. The first-order chi connectivity index (χ1) is 12.2. The number of esters is 1. The molecule has 140 valence electrons. The maximum Gasteiger partial charge on any atom is 0.342 e. The molecule has 0 unspecified atom stereocenters. The summed E-state index contributed by atoms with van der Waals surface area (Å²) < 4.78 is 43.2. The molecule has 26 heavy (non-hydrogen) atoms. The molecule has 0 aliphatic carbocycles. The largest absolute Gasteiger partial charge is 0.496 e. The van der Waals surface area contributed by atoms with Crippen molar-refractivity contribution in [2.24, 2.45) is 0 Å². The Morgan fingerprint density at radius 3 is 2.12 bits per heavy atom. The summed E-state index contributed by atoms with van der Waals surface area (Å²) in [5.74, 6) is 0.289. The molecule has 0 spiro atoms. The second kappa shape index (κ2) is 7.96. The Morgan fingerprint density at radius 2 is 1.65 bits per heavy atom. The van der Waals surface area contributed by atoms with Gasteiger partial charge in [0.1, 0.15) is 22.8 Å². The van der Waals surface area contributed by atoms with Gasteiger partial charge in [-0.15, -0.1) is 0 Å². The first kappa shape index (κ1) is 20.1. The maximum atomic E-state index is 12.2. The van der Waals surface area contributed by atoms with Crippen LogP contribution in [0.25, 0.3) is 11.1 Å². The van der Waals surface area contributed by atoms with Crippen molar-refractivity contribution in [2.75, 3.05) is 27.6 Å². The molecule has 0 fully saturated rings. The molecular weight excluding hydrogens is 428 g/mol. The second-order valence-electron chi connectivity index (χ2n) is 5.15. The van der Waals surface area contributed by atoms with Crippen LogP contribution in [0.3, 0.4) is 0 Å². The standard InChI is InChI=1S/C17H17BrO7S/c1-22-13-9-12(16(23-2)14(15(13)18)17(19)24-3)10-5-7-11(8-6-10)25-26(4,20)21/h5-9H,1-4H3. The Kier molecular flexibility index (Phi) is 6.14. The summed E-state index contributed by atoms with van der Waals surface area (Å²) in [4.78, 5) is 12.2. The van der Waals surface area contributed by atoms with Gasteiger partial charge in [-0.25, -0.2) is 4.79 Å². The number of carbonyl (C=O) groups is 1. The lowest BCUT2D eigenvalue weighted by Crippen LogP contribution is -2.08. The molecule has 2 aromatic carbocycles. The van der Waals surface area contributed by atoms with E-state index in [1.54, 1.807) is 18.2 Å². The third kappa shape index (κ3) is 4.28. The Morgan fingerprint density at radius 1 is 1.04 bits per heavy atom. The molecule has 9 heteroatoms. The van der Waals surface area contributed by atoms with E-state index in [1.165, 1.54) is 33.5 Å². The first-order valence-electron chi connectivity index (χ1n) is 7.24. The molecule has 0 heterocycles. The highest BCUT2D eigenvalue weighted by molar-refractivity contribution is 9.10. The van der Waals surface area contributed by atoms with Crippen molar-refractivity contribution >= 4 is 32.0 Å². The van der Waals surface area contributed by atoms with Crippen LogP contribution in [0, 0.1) is 0 Å². The average molecular weight is 445 g/mol. The lowest BCUT2D eigenvalue weighted by molar-refractivity contribution is 0.0595. The topological polar surface area (TPSA) is 88.1 Å². The molecule has 2 rings (SSSR count). The summed E-state index contributed by atoms with van der Waals surface area (Å²) in [6.45, 7) is 0. The van der Waals surface area contributed by atoms with Gasteiger partial charge < -0.3 is 18.4 Å². The van der Waals surface area contributed by atoms with E-state index in [4.69, 9.17) is 18.4 Å². The van der Waals surface area contributed by atoms with Gasteiger partial charge >= 0.3 is 16.1 Å². The highest BCUT2D eigenvalue weighted by Crippen LogP contribution is 2.43. The SMILES string of the molecule is COC(=O)c1c(Br)c(OC)cc(-c2ccc(OS(C)(=O)=O)cc2)c1OC. The van der Waals surface area contributed by atoms with Crippen LogP contribution in [-0.4, -0.2) is 42.0 Å². The monoisotopic (exact) mass is 444 g/mol. The Hall–Kier alpha value is -2.26. The lowest BCUT2D eigenvalue weighted by Gasteiger charge is -2.17. The third-order valence-corrected chi connectivity index (χ3v) is 4.69. The molecule has 0 saturated heterocycles. The van der Waals surface area contributed by atoms with Gasteiger partial charge in [-0.2, -0.15) is 8.42 Å². The van der Waals surface area contributed by atoms with Gasteiger partial charge in [0.05, 0.1) is 32.1 Å². The quantitative estimate of drug-likeness (QED) is 0.498. The van der Waals surface area contributed by atoms with Gasteiger partial charge in [0, 0.05) is 5.56 Å². The molecule has 0 N–H and O–H groups in total. The molecule has 0 saturated carbocycles. The smallest absolute Gasteiger partial charge is 0.342 e. The van der Waals surface area contributed by atoms with Crippen molar-refractivity contribution in [3.05, 3.63) is 40.4 Å². The summed E-state index contributed by atoms with van der Waals surface area (Å²) in [6.07, 6.45) is 0.964. The van der Waals surface area contributed by atoms with Gasteiger partial charge in [-0.05, 0) is 39.7 Å². The Labute approximate surface area is 160 Å². The molecular formula is C17H17BrO7S. The molecule has 0 bridgehead atoms. The molecule has 2 aromatic rings. The predicted octanol–water partition coefficient (Wildman–Crippen LogP) is 3.26. The van der Waals surface area contributed by atoms with Crippen molar-refractivity contribution in [1.29, 1.82) is 0 Å². The number of benzene rings is 2. The van der Waals surface area contributed by atoms with E-state index >= 15 is 0 Å². The van der Waals surface area contributed by atoms with Crippen LogP contribution < -0.4 is 13.7 Å². The van der Waals surface area contributed by atoms with Crippen molar-refractivity contribution < 1.29 is 31.6 Å². The molecule has 0 atom stereocenters. The van der Waals surface area contributed by atoms with Gasteiger partial charge in [-0.3, -0.25) is 0 Å². The zero-order valence-electron chi connectivity index (χ0n) is 14.5. The number of carbonyl (C=O) groups excluding carboxylic acids is 1. The minimum absolute atomic E-state index is 0.174. The zero-order chi connectivity index (χ0) is 19.5.